The van der Waals surface area contributed by atoms with E-state index in [1.807, 2.05) is 0 Å². The SMILES string of the molecule is CC(C)CC(CN)NC(=O)CCCc1csc2ccccc12. The number of aryl methyl sites for hydroxylation is 1. The van der Waals surface area contributed by atoms with Crippen molar-refractivity contribution < 1.29 is 4.79 Å². The van der Waals surface area contributed by atoms with Crippen molar-refractivity contribution in [1.82, 2.24) is 5.32 Å². The van der Waals surface area contributed by atoms with Crippen molar-refractivity contribution in [2.24, 2.45) is 11.7 Å². The van der Waals surface area contributed by atoms with E-state index in [0.717, 1.165) is 19.3 Å². The van der Waals surface area contributed by atoms with Gasteiger partial charge in [0.05, 0.1) is 0 Å². The monoisotopic (exact) mass is 318 g/mol. The zero-order chi connectivity index (χ0) is 15.9. The number of rotatable bonds is 8. The van der Waals surface area contributed by atoms with E-state index < -0.39 is 0 Å². The quantitative estimate of drug-likeness (QED) is 0.779. The molecular formula is C18H26N2OS. The lowest BCUT2D eigenvalue weighted by molar-refractivity contribution is -0.121. The molecule has 0 spiro atoms. The van der Waals surface area contributed by atoms with Crippen molar-refractivity contribution >= 4 is 27.3 Å². The Balaban J connectivity index is 1.79. The summed E-state index contributed by atoms with van der Waals surface area (Å²) in [4.78, 5) is 12.0. The number of hydrogen-bond acceptors (Lipinski definition) is 3. The molecule has 0 aliphatic rings. The Hall–Kier alpha value is -1.39. The molecular weight excluding hydrogens is 292 g/mol. The van der Waals surface area contributed by atoms with Gasteiger partial charge >= 0.3 is 0 Å². The van der Waals surface area contributed by atoms with Crippen molar-refractivity contribution in [1.29, 1.82) is 0 Å². The van der Waals surface area contributed by atoms with Gasteiger partial charge in [0.2, 0.25) is 5.91 Å². The highest BCUT2D eigenvalue weighted by Crippen LogP contribution is 2.26. The molecule has 1 aromatic heterocycles. The Morgan fingerprint density at radius 3 is 2.82 bits per heavy atom. The third kappa shape index (κ3) is 4.82. The molecule has 3 N–H and O–H groups in total. The molecule has 2 rings (SSSR count). The molecule has 0 saturated heterocycles. The van der Waals surface area contributed by atoms with Crippen LogP contribution in [0.5, 0.6) is 0 Å². The molecule has 1 unspecified atom stereocenters. The highest BCUT2D eigenvalue weighted by atomic mass is 32.1. The first kappa shape index (κ1) is 17.0. The van der Waals surface area contributed by atoms with Crippen LogP contribution in [0.2, 0.25) is 0 Å². The normalized spacial score (nSPS) is 12.7. The summed E-state index contributed by atoms with van der Waals surface area (Å²) in [5, 5.41) is 6.59. The van der Waals surface area contributed by atoms with Gasteiger partial charge in [0.25, 0.3) is 0 Å². The lowest BCUT2D eigenvalue weighted by Crippen LogP contribution is -2.40. The average Bonchev–Trinajstić information content (AvgIpc) is 2.89. The van der Waals surface area contributed by atoms with Crippen LogP contribution in [0.1, 0.15) is 38.7 Å². The molecule has 0 bridgehead atoms. The lowest BCUT2D eigenvalue weighted by atomic mass is 10.0. The fourth-order valence-electron chi connectivity index (χ4n) is 2.75. The van der Waals surface area contributed by atoms with E-state index in [-0.39, 0.29) is 11.9 Å². The van der Waals surface area contributed by atoms with Crippen LogP contribution in [0.15, 0.2) is 29.6 Å². The molecule has 4 heteroatoms. The molecule has 0 aliphatic carbocycles. The van der Waals surface area contributed by atoms with Gasteiger partial charge in [-0.2, -0.15) is 0 Å². The minimum atomic E-state index is 0.106. The fraction of sp³-hybridized carbons (Fsp3) is 0.500. The minimum Gasteiger partial charge on any atom is -0.352 e. The van der Waals surface area contributed by atoms with E-state index in [1.165, 1.54) is 15.6 Å². The van der Waals surface area contributed by atoms with E-state index in [2.05, 4.69) is 48.8 Å². The van der Waals surface area contributed by atoms with Crippen LogP contribution < -0.4 is 11.1 Å². The van der Waals surface area contributed by atoms with E-state index in [9.17, 15) is 4.79 Å². The van der Waals surface area contributed by atoms with Crippen LogP contribution in [0.25, 0.3) is 10.1 Å². The van der Waals surface area contributed by atoms with Crippen LogP contribution in [0, 0.1) is 5.92 Å². The van der Waals surface area contributed by atoms with Crippen LogP contribution in [0.3, 0.4) is 0 Å². The summed E-state index contributed by atoms with van der Waals surface area (Å²) in [6, 6.07) is 8.55. The maximum Gasteiger partial charge on any atom is 0.220 e. The Labute approximate surface area is 136 Å². The van der Waals surface area contributed by atoms with Crippen molar-refractivity contribution in [3.63, 3.8) is 0 Å². The Morgan fingerprint density at radius 2 is 2.09 bits per heavy atom. The molecule has 0 aliphatic heterocycles. The number of nitrogens with one attached hydrogen (secondary N) is 1. The Bertz CT molecular complexity index is 606. The maximum absolute atomic E-state index is 12.0. The summed E-state index contributed by atoms with van der Waals surface area (Å²) in [5.74, 6) is 0.668. The molecule has 2 aromatic rings. The maximum atomic E-state index is 12.0. The molecule has 1 aromatic carbocycles. The van der Waals surface area contributed by atoms with Gasteiger partial charge in [0.1, 0.15) is 0 Å². The van der Waals surface area contributed by atoms with Gasteiger partial charge in [0, 0.05) is 23.7 Å². The zero-order valence-corrected chi connectivity index (χ0v) is 14.3. The van der Waals surface area contributed by atoms with Gasteiger partial charge in [-0.05, 0) is 47.6 Å². The fourth-order valence-corrected chi connectivity index (χ4v) is 3.75. The molecule has 0 fully saturated rings. The van der Waals surface area contributed by atoms with Gasteiger partial charge in [0.15, 0.2) is 0 Å². The number of carbonyl (C=O) groups excluding carboxylic acids is 1. The van der Waals surface area contributed by atoms with Gasteiger partial charge in [-0.1, -0.05) is 32.0 Å². The molecule has 0 radical (unpaired) electrons. The third-order valence-corrected chi connectivity index (χ3v) is 4.83. The van der Waals surface area contributed by atoms with Crippen molar-refractivity contribution in [3.8, 4) is 0 Å². The topological polar surface area (TPSA) is 55.1 Å². The van der Waals surface area contributed by atoms with Crippen molar-refractivity contribution in [3.05, 3.63) is 35.2 Å². The second-order valence-electron chi connectivity index (χ2n) is 6.24. The highest BCUT2D eigenvalue weighted by Gasteiger charge is 2.12. The van der Waals surface area contributed by atoms with Gasteiger partial charge in [-0.25, -0.2) is 0 Å². The van der Waals surface area contributed by atoms with E-state index in [1.54, 1.807) is 11.3 Å². The standard InChI is InChI=1S/C18H26N2OS/c1-13(2)10-15(11-19)20-18(21)9-5-6-14-12-22-17-8-4-3-7-16(14)17/h3-4,7-8,12-13,15H,5-6,9-11,19H2,1-2H3,(H,20,21). The Kier molecular flexibility index (Phi) is 6.40. The number of benzene rings is 1. The number of amides is 1. The summed E-state index contributed by atoms with van der Waals surface area (Å²) in [7, 11) is 0. The third-order valence-electron chi connectivity index (χ3n) is 3.82. The second kappa shape index (κ2) is 8.30. The first-order valence-corrected chi connectivity index (χ1v) is 8.92. The van der Waals surface area contributed by atoms with Gasteiger partial charge in [-0.15, -0.1) is 11.3 Å². The predicted octanol–water partition coefficient (Wildman–Crippen LogP) is 3.71. The van der Waals surface area contributed by atoms with Crippen LogP contribution in [-0.4, -0.2) is 18.5 Å². The smallest absolute Gasteiger partial charge is 0.220 e. The van der Waals surface area contributed by atoms with E-state index in [4.69, 9.17) is 5.73 Å². The summed E-state index contributed by atoms with van der Waals surface area (Å²) in [5.41, 5.74) is 7.08. The van der Waals surface area contributed by atoms with Crippen LogP contribution in [-0.2, 0) is 11.2 Å². The van der Waals surface area contributed by atoms with E-state index >= 15 is 0 Å². The average molecular weight is 318 g/mol. The predicted molar refractivity (Wildman–Crippen MR) is 95.2 cm³/mol. The summed E-state index contributed by atoms with van der Waals surface area (Å²) in [6.07, 6.45) is 3.34. The first-order valence-electron chi connectivity index (χ1n) is 8.04. The number of carbonyl (C=O) groups is 1. The first-order chi connectivity index (χ1) is 10.6. The summed E-state index contributed by atoms with van der Waals surface area (Å²) >= 11 is 1.78. The number of nitrogens with two attached hydrogens (primary N) is 1. The minimum absolute atomic E-state index is 0.106. The molecule has 1 amide bonds. The number of hydrogen-bond donors (Lipinski definition) is 2. The molecule has 22 heavy (non-hydrogen) atoms. The summed E-state index contributed by atoms with van der Waals surface area (Å²) in [6.45, 7) is 4.81. The highest BCUT2D eigenvalue weighted by molar-refractivity contribution is 7.17. The van der Waals surface area contributed by atoms with Gasteiger partial charge in [-0.3, -0.25) is 4.79 Å². The van der Waals surface area contributed by atoms with Crippen LogP contribution in [0.4, 0.5) is 0 Å². The summed E-state index contributed by atoms with van der Waals surface area (Å²) < 4.78 is 1.32. The zero-order valence-electron chi connectivity index (χ0n) is 13.5. The molecule has 0 saturated carbocycles. The second-order valence-corrected chi connectivity index (χ2v) is 7.15. The molecule has 3 nitrogen and oxygen atoms in total. The van der Waals surface area contributed by atoms with Crippen molar-refractivity contribution in [2.75, 3.05) is 6.54 Å². The van der Waals surface area contributed by atoms with Gasteiger partial charge < -0.3 is 11.1 Å². The Morgan fingerprint density at radius 1 is 1.32 bits per heavy atom. The number of fused-ring (bicyclic) bond motifs is 1. The largest absolute Gasteiger partial charge is 0.352 e. The molecule has 120 valence electrons. The van der Waals surface area contributed by atoms with Crippen LogP contribution >= 0.6 is 11.3 Å². The van der Waals surface area contributed by atoms with Crippen molar-refractivity contribution in [2.45, 2.75) is 45.6 Å². The molecule has 1 atom stereocenters. The lowest BCUT2D eigenvalue weighted by Gasteiger charge is -2.18. The van der Waals surface area contributed by atoms with E-state index in [0.29, 0.717) is 18.9 Å². The molecule has 1 heterocycles. The number of thiophene rings is 1.